The fraction of sp³-hybridized carbons (Fsp3) is 0.0833. The Labute approximate surface area is 113 Å². The Hall–Kier alpha value is -1.43. The first-order valence-electron chi connectivity index (χ1n) is 5.16. The molecule has 1 heterocycles. The van der Waals surface area contributed by atoms with E-state index in [2.05, 4.69) is 5.43 Å². The van der Waals surface area contributed by atoms with Crippen LogP contribution in [-0.4, -0.2) is 5.91 Å². The van der Waals surface area contributed by atoms with Crippen molar-refractivity contribution in [3.05, 3.63) is 52.9 Å². The number of hydrazine groups is 1. The number of nitrogens with one attached hydrogen (secondary N) is 1. The summed E-state index contributed by atoms with van der Waals surface area (Å²) < 4.78 is 5.27. The first-order valence-corrected chi connectivity index (χ1v) is 6.52. The average Bonchev–Trinajstić information content (AvgIpc) is 2.86. The first kappa shape index (κ1) is 13.0. The molecule has 0 aliphatic rings. The van der Waals surface area contributed by atoms with Gasteiger partial charge in [0, 0.05) is 9.92 Å². The lowest BCUT2D eigenvalue weighted by Crippen LogP contribution is -2.29. The normalized spacial score (nSPS) is 10.3. The molecule has 0 aliphatic heterocycles. The second kappa shape index (κ2) is 5.95. The molecule has 4 nitrogen and oxygen atoms in total. The van der Waals surface area contributed by atoms with Gasteiger partial charge in [-0.25, -0.2) is 5.84 Å². The topological polar surface area (TPSA) is 68.3 Å². The van der Waals surface area contributed by atoms with E-state index < -0.39 is 0 Å². The van der Waals surface area contributed by atoms with Crippen molar-refractivity contribution in [3.8, 4) is 0 Å². The molecule has 2 rings (SSSR count). The zero-order valence-electron chi connectivity index (χ0n) is 9.35. The first-order chi connectivity index (χ1) is 8.69. The molecule has 0 unspecified atom stereocenters. The van der Waals surface area contributed by atoms with Crippen LogP contribution < -0.4 is 11.3 Å². The van der Waals surface area contributed by atoms with Gasteiger partial charge in [-0.1, -0.05) is 11.6 Å². The molecule has 0 atom stereocenters. The van der Waals surface area contributed by atoms with E-state index in [4.69, 9.17) is 21.9 Å². The molecule has 0 aliphatic carbocycles. The maximum atomic E-state index is 11.2. The summed E-state index contributed by atoms with van der Waals surface area (Å²) in [6.45, 7) is 0. The van der Waals surface area contributed by atoms with Gasteiger partial charge in [-0.05, 0) is 30.3 Å². The zero-order chi connectivity index (χ0) is 13.0. The minimum atomic E-state index is -0.360. The molecule has 1 aromatic heterocycles. The van der Waals surface area contributed by atoms with Gasteiger partial charge in [0.1, 0.15) is 12.0 Å². The van der Waals surface area contributed by atoms with E-state index in [9.17, 15) is 4.79 Å². The third kappa shape index (κ3) is 3.29. The molecular weight excluding hydrogens is 272 g/mol. The summed E-state index contributed by atoms with van der Waals surface area (Å²) in [5.41, 5.74) is 2.47. The van der Waals surface area contributed by atoms with Gasteiger partial charge < -0.3 is 4.42 Å². The van der Waals surface area contributed by atoms with Gasteiger partial charge in [0.15, 0.2) is 0 Å². The summed E-state index contributed by atoms with van der Waals surface area (Å²) in [5, 5.41) is 0.708. The smallest absolute Gasteiger partial charge is 0.268 e. The second-order valence-electron chi connectivity index (χ2n) is 3.52. The third-order valence-electron chi connectivity index (χ3n) is 2.24. The predicted molar refractivity (Wildman–Crippen MR) is 71.4 cm³/mol. The van der Waals surface area contributed by atoms with Gasteiger partial charge in [-0.15, -0.1) is 11.8 Å². The Kier molecular flexibility index (Phi) is 4.30. The van der Waals surface area contributed by atoms with E-state index in [1.54, 1.807) is 17.8 Å². The average molecular weight is 283 g/mol. The van der Waals surface area contributed by atoms with Crippen molar-refractivity contribution in [2.75, 3.05) is 0 Å². The highest BCUT2D eigenvalue weighted by molar-refractivity contribution is 7.98. The van der Waals surface area contributed by atoms with Crippen LogP contribution in [0, 0.1) is 0 Å². The molecule has 94 valence electrons. The molecular formula is C12H11ClN2O2S. The van der Waals surface area contributed by atoms with Crippen molar-refractivity contribution in [1.82, 2.24) is 5.43 Å². The van der Waals surface area contributed by atoms with Crippen LogP contribution >= 0.6 is 23.4 Å². The maximum absolute atomic E-state index is 11.2. The summed E-state index contributed by atoms with van der Waals surface area (Å²) >= 11 is 7.40. The highest BCUT2D eigenvalue weighted by Gasteiger charge is 2.08. The Balaban J connectivity index is 1.96. The molecule has 2 aromatic rings. The molecule has 0 fully saturated rings. The lowest BCUT2D eigenvalue weighted by Gasteiger charge is -1.98. The van der Waals surface area contributed by atoms with Crippen LogP contribution in [0.5, 0.6) is 0 Å². The number of nitrogen functional groups attached to an aromatic ring is 1. The number of amides is 1. The van der Waals surface area contributed by atoms with Gasteiger partial charge in [-0.3, -0.25) is 10.2 Å². The summed E-state index contributed by atoms with van der Waals surface area (Å²) in [6, 6.07) is 9.21. The van der Waals surface area contributed by atoms with Crippen molar-refractivity contribution >= 4 is 29.3 Å². The zero-order valence-corrected chi connectivity index (χ0v) is 10.9. The van der Waals surface area contributed by atoms with Gasteiger partial charge >= 0.3 is 0 Å². The number of carbonyl (C=O) groups is 1. The van der Waals surface area contributed by atoms with Crippen LogP contribution in [0.15, 0.2) is 45.9 Å². The van der Waals surface area contributed by atoms with E-state index in [1.807, 2.05) is 24.3 Å². The van der Waals surface area contributed by atoms with Crippen molar-refractivity contribution in [2.45, 2.75) is 10.6 Å². The molecule has 6 heteroatoms. The van der Waals surface area contributed by atoms with Crippen LogP contribution in [0.2, 0.25) is 5.02 Å². The number of carbonyl (C=O) groups excluding carboxylic acids is 1. The van der Waals surface area contributed by atoms with Crippen LogP contribution in [0.25, 0.3) is 0 Å². The number of benzene rings is 1. The predicted octanol–water partition coefficient (Wildman–Crippen LogP) is 2.83. The molecule has 3 N–H and O–H groups in total. The van der Waals surface area contributed by atoms with Crippen molar-refractivity contribution in [1.29, 1.82) is 0 Å². The molecule has 1 aromatic carbocycles. The number of thioether (sulfide) groups is 1. The van der Waals surface area contributed by atoms with E-state index in [1.165, 1.54) is 6.26 Å². The van der Waals surface area contributed by atoms with Gasteiger partial charge in [-0.2, -0.15) is 0 Å². The van der Waals surface area contributed by atoms with Crippen molar-refractivity contribution < 1.29 is 9.21 Å². The largest absolute Gasteiger partial charge is 0.468 e. The van der Waals surface area contributed by atoms with Gasteiger partial charge in [0.25, 0.3) is 5.91 Å². The van der Waals surface area contributed by atoms with Crippen molar-refractivity contribution in [2.24, 2.45) is 5.84 Å². The van der Waals surface area contributed by atoms with E-state index in [0.717, 1.165) is 4.90 Å². The summed E-state index contributed by atoms with van der Waals surface area (Å²) in [4.78, 5) is 12.3. The Morgan fingerprint density at radius 2 is 2.11 bits per heavy atom. The molecule has 1 amide bonds. The number of hydrogen-bond donors (Lipinski definition) is 2. The highest BCUT2D eigenvalue weighted by Crippen LogP contribution is 2.25. The Bertz CT molecular complexity index is 539. The van der Waals surface area contributed by atoms with Crippen molar-refractivity contribution in [3.63, 3.8) is 0 Å². The maximum Gasteiger partial charge on any atom is 0.268 e. The second-order valence-corrected chi connectivity index (χ2v) is 5.00. The molecule has 0 radical (unpaired) electrons. The van der Waals surface area contributed by atoms with Gasteiger partial charge in [0.2, 0.25) is 0 Å². The number of hydrogen-bond acceptors (Lipinski definition) is 4. The highest BCUT2D eigenvalue weighted by atomic mass is 35.5. The Morgan fingerprint density at radius 3 is 2.78 bits per heavy atom. The minimum absolute atomic E-state index is 0.360. The summed E-state index contributed by atoms with van der Waals surface area (Å²) in [5.74, 6) is 6.03. The van der Waals surface area contributed by atoms with Crippen LogP contribution in [0.1, 0.15) is 16.1 Å². The fourth-order valence-corrected chi connectivity index (χ4v) is 2.26. The van der Waals surface area contributed by atoms with Crippen LogP contribution in [0.3, 0.4) is 0 Å². The SMILES string of the molecule is NNC(=O)c1coc(CSc2ccc(Cl)cc2)c1. The van der Waals surface area contributed by atoms with E-state index in [0.29, 0.717) is 22.1 Å². The van der Waals surface area contributed by atoms with Crippen LogP contribution in [-0.2, 0) is 5.75 Å². The summed E-state index contributed by atoms with van der Waals surface area (Å²) in [7, 11) is 0. The van der Waals surface area contributed by atoms with E-state index in [-0.39, 0.29) is 5.91 Å². The monoisotopic (exact) mass is 282 g/mol. The Morgan fingerprint density at radius 1 is 1.39 bits per heavy atom. The molecule has 0 saturated heterocycles. The standard InChI is InChI=1S/C12H11ClN2O2S/c13-9-1-3-11(4-2-9)18-7-10-5-8(6-17-10)12(16)15-14/h1-6H,7,14H2,(H,15,16). The minimum Gasteiger partial charge on any atom is -0.468 e. The van der Waals surface area contributed by atoms with Gasteiger partial charge in [0.05, 0.1) is 11.3 Å². The number of halogens is 1. The lowest BCUT2D eigenvalue weighted by molar-refractivity contribution is 0.0953. The fourth-order valence-electron chi connectivity index (χ4n) is 1.34. The summed E-state index contributed by atoms with van der Waals surface area (Å²) in [6.07, 6.45) is 1.39. The quantitative estimate of drug-likeness (QED) is 0.392. The lowest BCUT2D eigenvalue weighted by atomic mass is 10.3. The molecule has 0 saturated carbocycles. The molecule has 18 heavy (non-hydrogen) atoms. The number of nitrogens with two attached hydrogens (primary N) is 1. The third-order valence-corrected chi connectivity index (χ3v) is 3.53. The number of furan rings is 1. The van der Waals surface area contributed by atoms with E-state index >= 15 is 0 Å². The van der Waals surface area contributed by atoms with Crippen LogP contribution in [0.4, 0.5) is 0 Å². The molecule has 0 spiro atoms. The number of rotatable bonds is 4. The molecule has 0 bridgehead atoms.